The highest BCUT2D eigenvalue weighted by molar-refractivity contribution is 7.21. The summed E-state index contributed by atoms with van der Waals surface area (Å²) in [5.74, 6) is 0.476. The summed E-state index contributed by atoms with van der Waals surface area (Å²) in [6.07, 6.45) is -0.705. The molecule has 2 aliphatic rings. The van der Waals surface area contributed by atoms with E-state index in [1.807, 2.05) is 43.3 Å². The van der Waals surface area contributed by atoms with Gasteiger partial charge < -0.3 is 37.7 Å². The number of carbonyl (C=O) groups excluding carboxylic acids is 2. The van der Waals surface area contributed by atoms with Crippen molar-refractivity contribution in [3.05, 3.63) is 87.8 Å². The number of ether oxygens (including phenoxy) is 1. The zero-order chi connectivity index (χ0) is 27.5. The van der Waals surface area contributed by atoms with Gasteiger partial charge in [-0.2, -0.15) is 0 Å². The largest absolute Gasteiger partial charge is 0.457 e. The third-order valence-electron chi connectivity index (χ3n) is 7.62. The van der Waals surface area contributed by atoms with Crippen molar-refractivity contribution in [2.45, 2.75) is 30.7 Å². The van der Waals surface area contributed by atoms with Crippen LogP contribution in [0.4, 0.5) is 5.69 Å². The van der Waals surface area contributed by atoms with E-state index in [0.717, 1.165) is 5.56 Å². The molecule has 1 amide bonds. The van der Waals surface area contributed by atoms with Crippen LogP contribution in [-0.2, 0) is 10.3 Å². The van der Waals surface area contributed by atoms with E-state index in [2.05, 4.69) is 10.6 Å². The summed E-state index contributed by atoms with van der Waals surface area (Å²) in [7, 11) is 0. The minimum atomic E-state index is -1.56. The van der Waals surface area contributed by atoms with Gasteiger partial charge in [0, 0.05) is 29.7 Å². The number of aliphatic hydroxyl groups is 1. The first-order valence-electron chi connectivity index (χ1n) is 12.7. The van der Waals surface area contributed by atoms with Crippen LogP contribution in [0.1, 0.15) is 38.0 Å². The summed E-state index contributed by atoms with van der Waals surface area (Å²) in [4.78, 5) is 27.7. The molecule has 3 aromatic carbocycles. The molecule has 10 heteroatoms. The van der Waals surface area contributed by atoms with Crippen LogP contribution in [0.3, 0.4) is 0 Å². The van der Waals surface area contributed by atoms with Crippen LogP contribution in [0.25, 0.3) is 10.1 Å². The Bertz CT molecular complexity index is 1620. The summed E-state index contributed by atoms with van der Waals surface area (Å²) in [6, 6.07) is 16.7. The van der Waals surface area contributed by atoms with Gasteiger partial charge in [-0.05, 0) is 53.9 Å². The number of amides is 1. The molecule has 2 heterocycles. The third kappa shape index (κ3) is 4.00. The molecule has 39 heavy (non-hydrogen) atoms. The number of aliphatic hydroxyl groups excluding tert-OH is 1. The maximum atomic E-state index is 14.0. The van der Waals surface area contributed by atoms with Crippen LogP contribution in [0.15, 0.2) is 60.7 Å². The van der Waals surface area contributed by atoms with E-state index in [0.29, 0.717) is 61.9 Å². The van der Waals surface area contributed by atoms with Crippen molar-refractivity contribution >= 4 is 38.8 Å². The zero-order valence-corrected chi connectivity index (χ0v) is 22.0. The summed E-state index contributed by atoms with van der Waals surface area (Å²) in [6.45, 7) is 2.71. The van der Waals surface area contributed by atoms with Gasteiger partial charge in [0.1, 0.15) is 17.0 Å². The standard InChI is InChI=1S/C29H29N5O4S/c1-14-11-16(38-15-5-3-2-4-6-15)7-8-17(14)29(32)18-9-10-19(30)25-22(18)23(24(31)27(29)36)26(39-25)28(37)34-20-12-33-13-21(20)35/h2-11,20-21,24,33,35H,12-13,30-32H2,1H3,(H,34,37)/t20-,21-,24?,29?/m0/s1. The average molecular weight is 544 g/mol. The van der Waals surface area contributed by atoms with Gasteiger partial charge in [-0.3, -0.25) is 9.59 Å². The molecular weight excluding hydrogens is 514 g/mol. The van der Waals surface area contributed by atoms with Crippen LogP contribution in [-0.4, -0.2) is 42.0 Å². The number of benzene rings is 3. The zero-order valence-electron chi connectivity index (χ0n) is 21.2. The van der Waals surface area contributed by atoms with E-state index < -0.39 is 35.4 Å². The number of aryl methyl sites for hydroxylation is 1. The van der Waals surface area contributed by atoms with E-state index in [4.69, 9.17) is 21.9 Å². The minimum Gasteiger partial charge on any atom is -0.457 e. The number of thiophene rings is 1. The number of nitrogen functional groups attached to an aromatic ring is 1. The smallest absolute Gasteiger partial charge is 0.262 e. The summed E-state index contributed by atoms with van der Waals surface area (Å²) < 4.78 is 6.62. The second-order valence-corrected chi connectivity index (χ2v) is 11.1. The molecule has 4 atom stereocenters. The van der Waals surface area contributed by atoms with Crippen molar-refractivity contribution in [3.8, 4) is 11.5 Å². The number of anilines is 1. The molecule has 0 spiro atoms. The molecule has 1 fully saturated rings. The van der Waals surface area contributed by atoms with Crippen LogP contribution in [0.2, 0.25) is 0 Å². The molecule has 200 valence electrons. The number of Topliss-reactive ketones (excluding diaryl/α,β-unsaturated/α-hetero) is 1. The van der Waals surface area contributed by atoms with Crippen molar-refractivity contribution in [1.82, 2.24) is 10.6 Å². The number of nitrogens with one attached hydrogen (secondary N) is 2. The normalized spacial score (nSPS) is 24.2. The topological polar surface area (TPSA) is 166 Å². The lowest BCUT2D eigenvalue weighted by Gasteiger charge is -2.37. The Kier molecular flexibility index (Phi) is 6.17. The van der Waals surface area contributed by atoms with Gasteiger partial charge in [-0.15, -0.1) is 11.3 Å². The Morgan fingerprint density at radius 2 is 1.85 bits per heavy atom. The SMILES string of the molecule is Cc1cc(Oc2ccccc2)ccc1C1(N)C(=O)C(N)c2c(C(=O)N[C@H]3CNC[C@@H]3O)sc3c(N)ccc1c23. The third-order valence-corrected chi connectivity index (χ3v) is 8.87. The van der Waals surface area contributed by atoms with Gasteiger partial charge in [-0.25, -0.2) is 0 Å². The molecule has 1 aromatic heterocycles. The molecular formula is C29H29N5O4S. The quantitative estimate of drug-likeness (QED) is 0.209. The monoisotopic (exact) mass is 543 g/mol. The van der Waals surface area contributed by atoms with E-state index >= 15 is 0 Å². The molecule has 0 saturated carbocycles. The first-order chi connectivity index (χ1) is 18.7. The predicted molar refractivity (Wildman–Crippen MR) is 151 cm³/mol. The lowest BCUT2D eigenvalue weighted by Crippen LogP contribution is -2.53. The van der Waals surface area contributed by atoms with Gasteiger partial charge >= 0.3 is 0 Å². The number of carbonyl (C=O) groups is 2. The number of nitrogens with two attached hydrogens (primary N) is 3. The van der Waals surface area contributed by atoms with Gasteiger partial charge in [-0.1, -0.05) is 30.3 Å². The lowest BCUT2D eigenvalue weighted by molar-refractivity contribution is -0.124. The molecule has 1 saturated heterocycles. The number of β-amino-alcohol motifs (C(OH)–C–C–N with tert-alkyl or cyclic N) is 1. The van der Waals surface area contributed by atoms with E-state index in [1.165, 1.54) is 11.3 Å². The predicted octanol–water partition coefficient (Wildman–Crippen LogP) is 2.43. The van der Waals surface area contributed by atoms with Crippen molar-refractivity contribution in [2.75, 3.05) is 18.8 Å². The van der Waals surface area contributed by atoms with Gasteiger partial charge in [0.05, 0.1) is 27.8 Å². The van der Waals surface area contributed by atoms with Crippen molar-refractivity contribution in [2.24, 2.45) is 11.5 Å². The van der Waals surface area contributed by atoms with Gasteiger partial charge in [0.15, 0.2) is 5.78 Å². The second kappa shape index (κ2) is 9.44. The minimum absolute atomic E-state index is 0.300. The highest BCUT2D eigenvalue weighted by atomic mass is 32.1. The molecule has 0 radical (unpaired) electrons. The number of ketones is 1. The van der Waals surface area contributed by atoms with Crippen molar-refractivity contribution in [1.29, 1.82) is 0 Å². The Balaban J connectivity index is 1.46. The Morgan fingerprint density at radius 3 is 2.54 bits per heavy atom. The highest BCUT2D eigenvalue weighted by Gasteiger charge is 2.49. The average Bonchev–Trinajstić information content (AvgIpc) is 3.52. The molecule has 9 N–H and O–H groups in total. The summed E-state index contributed by atoms with van der Waals surface area (Å²) in [5.41, 5.74) is 21.2. The molecule has 4 aromatic rings. The maximum absolute atomic E-state index is 14.0. The van der Waals surface area contributed by atoms with Crippen molar-refractivity contribution < 1.29 is 19.4 Å². The van der Waals surface area contributed by atoms with Gasteiger partial charge in [0.25, 0.3) is 5.91 Å². The van der Waals surface area contributed by atoms with Crippen LogP contribution in [0.5, 0.6) is 11.5 Å². The van der Waals surface area contributed by atoms with Crippen molar-refractivity contribution in [3.63, 3.8) is 0 Å². The summed E-state index contributed by atoms with van der Waals surface area (Å²) >= 11 is 1.18. The van der Waals surface area contributed by atoms with E-state index in [1.54, 1.807) is 24.3 Å². The fourth-order valence-corrected chi connectivity index (χ4v) is 6.84. The highest BCUT2D eigenvalue weighted by Crippen LogP contribution is 2.50. The van der Waals surface area contributed by atoms with Crippen LogP contribution < -0.4 is 32.6 Å². The molecule has 0 bridgehead atoms. The van der Waals surface area contributed by atoms with Gasteiger partial charge in [0.2, 0.25) is 0 Å². The lowest BCUT2D eigenvalue weighted by atomic mass is 9.69. The summed E-state index contributed by atoms with van der Waals surface area (Å²) in [5, 5.41) is 16.7. The Morgan fingerprint density at radius 1 is 1.10 bits per heavy atom. The van der Waals surface area contributed by atoms with Crippen LogP contribution in [0, 0.1) is 6.92 Å². The first-order valence-corrected chi connectivity index (χ1v) is 13.5. The number of hydrogen-bond acceptors (Lipinski definition) is 9. The molecule has 9 nitrogen and oxygen atoms in total. The fourth-order valence-electron chi connectivity index (χ4n) is 5.64. The fraction of sp³-hybridized carbons (Fsp3) is 0.241. The maximum Gasteiger partial charge on any atom is 0.262 e. The molecule has 6 rings (SSSR count). The Labute approximate surface area is 228 Å². The van der Waals surface area contributed by atoms with E-state index in [-0.39, 0.29) is 0 Å². The molecule has 1 aliphatic heterocycles. The Hall–Kier alpha value is -3.80. The van der Waals surface area contributed by atoms with E-state index in [9.17, 15) is 14.7 Å². The number of para-hydroxylation sites is 1. The number of rotatable bonds is 5. The number of hydrogen-bond donors (Lipinski definition) is 6. The molecule has 1 aliphatic carbocycles. The van der Waals surface area contributed by atoms with Crippen LogP contribution >= 0.6 is 11.3 Å². The first kappa shape index (κ1) is 25.5. The second-order valence-electron chi connectivity index (χ2n) is 10.1. The molecule has 2 unspecified atom stereocenters.